The van der Waals surface area contributed by atoms with Crippen LogP contribution in [0.1, 0.15) is 51.9 Å². The number of aliphatic hydroxyl groups excluding tert-OH is 2. The molecule has 0 saturated heterocycles. The van der Waals surface area contributed by atoms with E-state index in [9.17, 15) is 19.8 Å². The van der Waals surface area contributed by atoms with E-state index in [4.69, 9.17) is 5.11 Å². The zero-order chi connectivity index (χ0) is 17.2. The molecule has 0 heterocycles. The van der Waals surface area contributed by atoms with Crippen LogP contribution in [0.4, 0.5) is 0 Å². The highest BCUT2D eigenvalue weighted by atomic mass is 16.4. The van der Waals surface area contributed by atoms with Crippen LogP contribution in [-0.4, -0.2) is 39.3 Å². The van der Waals surface area contributed by atoms with Crippen molar-refractivity contribution in [2.75, 3.05) is 0 Å². The molecule has 1 aliphatic rings. The number of carbonyl (C=O) groups is 2. The Kier molecular flexibility index (Phi) is 8.81. The minimum Gasteiger partial charge on any atom is -0.481 e. The van der Waals surface area contributed by atoms with Crippen molar-refractivity contribution < 1.29 is 24.9 Å². The summed E-state index contributed by atoms with van der Waals surface area (Å²) < 4.78 is 0. The molecule has 0 unspecified atom stereocenters. The van der Waals surface area contributed by atoms with Crippen molar-refractivity contribution in [2.45, 2.75) is 64.1 Å². The maximum atomic E-state index is 12.0. The molecule has 1 aliphatic carbocycles. The molecule has 0 bridgehead atoms. The minimum absolute atomic E-state index is 0.0249. The quantitative estimate of drug-likeness (QED) is 0.424. The van der Waals surface area contributed by atoms with Crippen LogP contribution in [0.2, 0.25) is 0 Å². The van der Waals surface area contributed by atoms with E-state index < -0.39 is 18.2 Å². The number of hydrogen-bond acceptors (Lipinski definition) is 4. The molecular formula is C18H28O5. The number of carboxylic acid groups (broad SMARTS) is 1. The van der Waals surface area contributed by atoms with Gasteiger partial charge in [-0.05, 0) is 32.1 Å². The summed E-state index contributed by atoms with van der Waals surface area (Å²) in [4.78, 5) is 22.4. The first-order valence-electron chi connectivity index (χ1n) is 8.39. The molecule has 0 aromatic rings. The molecule has 5 nitrogen and oxygen atoms in total. The van der Waals surface area contributed by atoms with Crippen molar-refractivity contribution in [1.29, 1.82) is 0 Å². The Morgan fingerprint density at radius 2 is 2.09 bits per heavy atom. The van der Waals surface area contributed by atoms with Gasteiger partial charge in [0.05, 0.1) is 12.2 Å². The van der Waals surface area contributed by atoms with Gasteiger partial charge in [-0.25, -0.2) is 0 Å². The lowest BCUT2D eigenvalue weighted by Gasteiger charge is -2.16. The van der Waals surface area contributed by atoms with Gasteiger partial charge in [-0.3, -0.25) is 9.59 Å². The molecule has 0 aromatic carbocycles. The van der Waals surface area contributed by atoms with Crippen LogP contribution in [0.25, 0.3) is 0 Å². The average Bonchev–Trinajstić information content (AvgIpc) is 2.77. The molecule has 1 rings (SSSR count). The Labute approximate surface area is 137 Å². The smallest absolute Gasteiger partial charge is 0.303 e. The van der Waals surface area contributed by atoms with Gasteiger partial charge in [0.1, 0.15) is 5.78 Å². The SMILES string of the molecule is CC[C@@H](O)/C=C/[C@H]1C(=O)C[C@@H](O)[C@H]1C/C=C\CCCCC(=O)O. The van der Waals surface area contributed by atoms with E-state index in [2.05, 4.69) is 0 Å². The predicted octanol–water partition coefficient (Wildman–Crippen LogP) is 2.47. The first-order valence-corrected chi connectivity index (χ1v) is 8.39. The summed E-state index contributed by atoms with van der Waals surface area (Å²) in [6.07, 6.45) is 10.0. The van der Waals surface area contributed by atoms with Gasteiger partial charge in [0, 0.05) is 24.7 Å². The first kappa shape index (κ1) is 19.6. The fourth-order valence-corrected chi connectivity index (χ4v) is 2.82. The third-order valence-corrected chi connectivity index (χ3v) is 4.28. The summed E-state index contributed by atoms with van der Waals surface area (Å²) in [6, 6.07) is 0. The van der Waals surface area contributed by atoms with E-state index in [1.807, 2.05) is 19.1 Å². The number of hydrogen-bond donors (Lipinski definition) is 3. The Morgan fingerprint density at radius 3 is 2.74 bits per heavy atom. The van der Waals surface area contributed by atoms with Crippen molar-refractivity contribution in [2.24, 2.45) is 11.8 Å². The summed E-state index contributed by atoms with van der Waals surface area (Å²) >= 11 is 0. The van der Waals surface area contributed by atoms with E-state index >= 15 is 0 Å². The van der Waals surface area contributed by atoms with Crippen LogP contribution >= 0.6 is 0 Å². The minimum atomic E-state index is -0.773. The Morgan fingerprint density at radius 1 is 1.35 bits per heavy atom. The second-order valence-electron chi connectivity index (χ2n) is 6.13. The van der Waals surface area contributed by atoms with Gasteiger partial charge in [-0.15, -0.1) is 0 Å². The zero-order valence-corrected chi connectivity index (χ0v) is 13.7. The van der Waals surface area contributed by atoms with Crippen molar-refractivity contribution in [3.05, 3.63) is 24.3 Å². The molecule has 130 valence electrons. The van der Waals surface area contributed by atoms with Crippen molar-refractivity contribution in [3.63, 3.8) is 0 Å². The predicted molar refractivity (Wildman–Crippen MR) is 87.9 cm³/mol. The molecule has 0 amide bonds. The van der Waals surface area contributed by atoms with E-state index in [1.54, 1.807) is 12.2 Å². The second kappa shape index (κ2) is 10.3. The van der Waals surface area contributed by atoms with Gasteiger partial charge in [-0.2, -0.15) is 0 Å². The maximum Gasteiger partial charge on any atom is 0.303 e. The van der Waals surface area contributed by atoms with Gasteiger partial charge in [0.15, 0.2) is 0 Å². The van der Waals surface area contributed by atoms with Crippen molar-refractivity contribution >= 4 is 11.8 Å². The third-order valence-electron chi connectivity index (χ3n) is 4.28. The average molecular weight is 324 g/mol. The summed E-state index contributed by atoms with van der Waals surface area (Å²) in [5, 5.41) is 28.2. The summed E-state index contributed by atoms with van der Waals surface area (Å²) in [5.41, 5.74) is 0. The number of ketones is 1. The van der Waals surface area contributed by atoms with Crippen LogP contribution in [-0.2, 0) is 9.59 Å². The standard InChI is InChI=1S/C18H28O5/c1-2-13(19)10-11-15-14(16(20)12-17(15)21)8-6-4-3-5-7-9-18(22)23/h4,6,10-11,13-16,19-20H,2-3,5,7-9,12H2,1H3,(H,22,23)/b6-4-,11-10+/t13-,14+,15-,16-/m1/s1. The van der Waals surface area contributed by atoms with Crippen LogP contribution in [0, 0.1) is 11.8 Å². The van der Waals surface area contributed by atoms with E-state index in [-0.39, 0.29) is 30.5 Å². The van der Waals surface area contributed by atoms with Crippen molar-refractivity contribution in [3.8, 4) is 0 Å². The number of carboxylic acids is 1. The van der Waals surface area contributed by atoms with Gasteiger partial charge in [-0.1, -0.05) is 31.2 Å². The highest BCUT2D eigenvalue weighted by Gasteiger charge is 2.39. The maximum absolute atomic E-state index is 12.0. The van der Waals surface area contributed by atoms with Gasteiger partial charge in [0.25, 0.3) is 0 Å². The van der Waals surface area contributed by atoms with E-state index in [0.717, 1.165) is 12.8 Å². The molecule has 0 aromatic heterocycles. The number of unbranched alkanes of at least 4 members (excludes halogenated alkanes) is 2. The second-order valence-corrected chi connectivity index (χ2v) is 6.13. The van der Waals surface area contributed by atoms with Crippen LogP contribution in [0.5, 0.6) is 0 Å². The molecule has 0 radical (unpaired) electrons. The van der Waals surface area contributed by atoms with Gasteiger partial charge >= 0.3 is 5.97 Å². The molecule has 23 heavy (non-hydrogen) atoms. The fraction of sp³-hybridized carbons (Fsp3) is 0.667. The Bertz CT molecular complexity index is 441. The largest absolute Gasteiger partial charge is 0.481 e. The molecule has 0 aliphatic heterocycles. The molecule has 0 spiro atoms. The molecule has 4 atom stereocenters. The first-order chi connectivity index (χ1) is 11.0. The monoisotopic (exact) mass is 324 g/mol. The molecule has 5 heteroatoms. The topological polar surface area (TPSA) is 94.8 Å². The Hall–Kier alpha value is -1.46. The zero-order valence-electron chi connectivity index (χ0n) is 13.7. The van der Waals surface area contributed by atoms with E-state index in [1.165, 1.54) is 0 Å². The summed E-state index contributed by atoms with van der Waals surface area (Å²) in [7, 11) is 0. The number of allylic oxidation sites excluding steroid dienone is 3. The number of aliphatic carboxylic acids is 1. The lowest BCUT2D eigenvalue weighted by atomic mass is 9.90. The third kappa shape index (κ3) is 7.10. The molecule has 1 saturated carbocycles. The number of carbonyl (C=O) groups excluding carboxylic acids is 1. The lowest BCUT2D eigenvalue weighted by Crippen LogP contribution is -2.19. The number of aliphatic hydroxyl groups is 2. The highest BCUT2D eigenvalue weighted by Crippen LogP contribution is 2.33. The number of rotatable bonds is 10. The fourth-order valence-electron chi connectivity index (χ4n) is 2.82. The molecular weight excluding hydrogens is 296 g/mol. The number of Topliss-reactive ketones (excluding diaryl/α,β-unsaturated/α-hetero) is 1. The summed E-state index contributed by atoms with van der Waals surface area (Å²) in [6.45, 7) is 1.87. The van der Waals surface area contributed by atoms with E-state index in [0.29, 0.717) is 19.3 Å². The molecule has 3 N–H and O–H groups in total. The van der Waals surface area contributed by atoms with Crippen molar-refractivity contribution in [1.82, 2.24) is 0 Å². The van der Waals surface area contributed by atoms with Gasteiger partial charge in [0.2, 0.25) is 0 Å². The van der Waals surface area contributed by atoms with Crippen LogP contribution in [0.15, 0.2) is 24.3 Å². The molecule has 1 fully saturated rings. The van der Waals surface area contributed by atoms with Crippen LogP contribution < -0.4 is 0 Å². The van der Waals surface area contributed by atoms with Crippen LogP contribution in [0.3, 0.4) is 0 Å². The summed E-state index contributed by atoms with van der Waals surface area (Å²) in [5.74, 6) is -1.22. The lowest BCUT2D eigenvalue weighted by molar-refractivity contribution is -0.137. The highest BCUT2D eigenvalue weighted by molar-refractivity contribution is 5.86. The normalized spacial score (nSPS) is 26.4. The van der Waals surface area contributed by atoms with Gasteiger partial charge < -0.3 is 15.3 Å². The Balaban J connectivity index is 2.43.